The molecule has 2 saturated heterocycles. The third kappa shape index (κ3) is 5.08. The van der Waals surface area contributed by atoms with Gasteiger partial charge in [0.25, 0.3) is 5.91 Å². The highest BCUT2D eigenvalue weighted by atomic mass is 32.2. The van der Waals surface area contributed by atoms with Crippen molar-refractivity contribution in [3.63, 3.8) is 0 Å². The molecule has 3 aliphatic rings. The second-order valence-electron chi connectivity index (χ2n) is 11.1. The molecular weight excluding hydrogens is 484 g/mol. The molecule has 1 aliphatic carbocycles. The first-order chi connectivity index (χ1) is 16.9. The Labute approximate surface area is 212 Å². The van der Waals surface area contributed by atoms with Gasteiger partial charge in [-0.05, 0) is 61.6 Å². The predicted molar refractivity (Wildman–Crippen MR) is 134 cm³/mol. The summed E-state index contributed by atoms with van der Waals surface area (Å²) in [5.41, 5.74) is -0.863. The van der Waals surface area contributed by atoms with Gasteiger partial charge in [-0.3, -0.25) is 14.5 Å². The molecule has 11 heteroatoms. The van der Waals surface area contributed by atoms with Crippen molar-refractivity contribution in [3.05, 3.63) is 18.2 Å². The molecule has 0 aromatic heterocycles. The number of anilines is 1. The number of methoxy groups -OCH3 is 1. The Kier molecular flexibility index (Phi) is 7.09. The molecule has 2 atom stereocenters. The van der Waals surface area contributed by atoms with E-state index in [-0.39, 0.29) is 33.6 Å². The van der Waals surface area contributed by atoms with E-state index in [1.54, 1.807) is 0 Å². The van der Waals surface area contributed by atoms with Gasteiger partial charge >= 0.3 is 6.03 Å². The van der Waals surface area contributed by atoms with E-state index >= 15 is 0 Å². The minimum Gasteiger partial charge on any atom is -0.495 e. The fraction of sp³-hybridized carbons (Fsp3) is 0.640. The number of nitrogens with zero attached hydrogens (tertiary/aromatic N) is 2. The van der Waals surface area contributed by atoms with Gasteiger partial charge in [-0.15, -0.1) is 0 Å². The molecule has 36 heavy (non-hydrogen) atoms. The van der Waals surface area contributed by atoms with Crippen LogP contribution in [0.4, 0.5) is 10.5 Å². The van der Waals surface area contributed by atoms with Gasteiger partial charge in [0.05, 0.1) is 7.11 Å². The number of amides is 4. The van der Waals surface area contributed by atoms with Crippen LogP contribution in [0.5, 0.6) is 5.75 Å². The molecule has 1 saturated carbocycles. The number of hydrogen-bond acceptors (Lipinski definition) is 6. The summed E-state index contributed by atoms with van der Waals surface area (Å²) in [6, 6.07) is 3.80. The van der Waals surface area contributed by atoms with Gasteiger partial charge in [-0.1, -0.05) is 27.2 Å². The first kappa shape index (κ1) is 26.4. The van der Waals surface area contributed by atoms with Crippen LogP contribution >= 0.6 is 0 Å². The van der Waals surface area contributed by atoms with E-state index in [2.05, 4.69) is 31.4 Å². The Morgan fingerprint density at radius 3 is 2.50 bits per heavy atom. The van der Waals surface area contributed by atoms with Gasteiger partial charge in [0.1, 0.15) is 22.7 Å². The van der Waals surface area contributed by atoms with Crippen LogP contribution in [0.1, 0.15) is 59.3 Å². The molecule has 4 amide bonds. The number of urea groups is 1. The van der Waals surface area contributed by atoms with Crippen LogP contribution in [-0.2, 0) is 19.6 Å². The molecule has 0 unspecified atom stereocenters. The SMILES string of the molecule is COc1ccc(NC(=O)CN2C(=O)N[C@@]3(C[C@@H](C)CC(C)(C)C3)C2=O)cc1S(=O)(=O)N1CCCCC1. The smallest absolute Gasteiger partial charge is 0.325 e. The Balaban J connectivity index is 1.50. The van der Waals surface area contributed by atoms with Crippen molar-refractivity contribution in [2.75, 3.05) is 32.1 Å². The summed E-state index contributed by atoms with van der Waals surface area (Å²) in [5.74, 6) is -0.537. The second kappa shape index (κ2) is 9.66. The second-order valence-corrected chi connectivity index (χ2v) is 13.0. The fourth-order valence-electron chi connectivity index (χ4n) is 6.19. The first-order valence-corrected chi connectivity index (χ1v) is 13.9. The molecule has 1 aromatic carbocycles. The Morgan fingerprint density at radius 1 is 1.17 bits per heavy atom. The zero-order chi connectivity index (χ0) is 26.3. The van der Waals surface area contributed by atoms with Crippen LogP contribution in [0.15, 0.2) is 23.1 Å². The van der Waals surface area contributed by atoms with E-state index in [9.17, 15) is 22.8 Å². The van der Waals surface area contributed by atoms with Crippen LogP contribution < -0.4 is 15.4 Å². The third-order valence-electron chi connectivity index (χ3n) is 7.31. The molecule has 10 nitrogen and oxygen atoms in total. The normalized spacial score (nSPS) is 26.7. The maximum Gasteiger partial charge on any atom is 0.325 e. The molecular formula is C25H36N4O6S. The van der Waals surface area contributed by atoms with Gasteiger partial charge < -0.3 is 15.4 Å². The van der Waals surface area contributed by atoms with E-state index in [1.165, 1.54) is 29.6 Å². The number of benzene rings is 1. The molecule has 2 heterocycles. The average Bonchev–Trinajstić information content (AvgIpc) is 3.01. The van der Waals surface area contributed by atoms with Crippen molar-refractivity contribution in [2.45, 2.75) is 69.7 Å². The minimum atomic E-state index is -3.81. The van der Waals surface area contributed by atoms with Crippen LogP contribution in [0.25, 0.3) is 0 Å². The number of ether oxygens (including phenoxy) is 1. The minimum absolute atomic E-state index is 0.0305. The summed E-state index contributed by atoms with van der Waals surface area (Å²) in [6.07, 6.45) is 4.58. The molecule has 1 spiro atoms. The van der Waals surface area contributed by atoms with Crippen molar-refractivity contribution < 1.29 is 27.5 Å². The Bertz CT molecular complexity index is 1160. The topological polar surface area (TPSA) is 125 Å². The average molecular weight is 521 g/mol. The summed E-state index contributed by atoms with van der Waals surface area (Å²) in [6.45, 7) is 6.64. The van der Waals surface area contributed by atoms with Gasteiger partial charge in [0.2, 0.25) is 15.9 Å². The maximum absolute atomic E-state index is 13.3. The van der Waals surface area contributed by atoms with Gasteiger partial charge in [-0.2, -0.15) is 4.31 Å². The number of hydrogen-bond donors (Lipinski definition) is 2. The highest BCUT2D eigenvalue weighted by Crippen LogP contribution is 2.46. The number of nitrogens with one attached hydrogen (secondary N) is 2. The fourth-order valence-corrected chi connectivity index (χ4v) is 7.89. The number of rotatable bonds is 6. The lowest BCUT2D eigenvalue weighted by Gasteiger charge is -2.43. The molecule has 2 N–H and O–H groups in total. The van der Waals surface area contributed by atoms with Gasteiger partial charge in [0.15, 0.2) is 0 Å². The lowest BCUT2D eigenvalue weighted by atomic mass is 9.64. The standard InChI is InChI=1S/C25H36N4O6S/c1-17-13-24(2,3)16-25(14-17)22(31)29(23(32)27-25)15-21(30)26-18-8-9-19(35-4)20(12-18)36(33,34)28-10-6-5-7-11-28/h8-9,12,17H,5-7,10-11,13-16H2,1-4H3,(H,26,30)(H,27,32)/t17-,25+/m0/s1. The number of carbonyl (C=O) groups is 3. The molecule has 2 aliphatic heterocycles. The molecule has 0 radical (unpaired) electrons. The number of carbonyl (C=O) groups excluding carboxylic acids is 3. The summed E-state index contributed by atoms with van der Waals surface area (Å²) in [5, 5.41) is 5.50. The lowest BCUT2D eigenvalue weighted by Crippen LogP contribution is -2.54. The highest BCUT2D eigenvalue weighted by molar-refractivity contribution is 7.89. The zero-order valence-electron chi connectivity index (χ0n) is 21.4. The van der Waals surface area contributed by atoms with E-state index in [1.807, 2.05) is 0 Å². The highest BCUT2D eigenvalue weighted by Gasteiger charge is 2.56. The van der Waals surface area contributed by atoms with Crippen molar-refractivity contribution in [3.8, 4) is 5.75 Å². The van der Waals surface area contributed by atoms with E-state index in [0.29, 0.717) is 25.9 Å². The van der Waals surface area contributed by atoms with Crippen molar-refractivity contribution in [2.24, 2.45) is 11.3 Å². The summed E-state index contributed by atoms with van der Waals surface area (Å²) >= 11 is 0. The first-order valence-electron chi connectivity index (χ1n) is 12.5. The molecule has 1 aromatic rings. The van der Waals surface area contributed by atoms with E-state index in [0.717, 1.165) is 30.6 Å². The maximum atomic E-state index is 13.3. The van der Waals surface area contributed by atoms with Gasteiger partial charge in [-0.25, -0.2) is 13.2 Å². The zero-order valence-corrected chi connectivity index (χ0v) is 22.2. The summed E-state index contributed by atoms with van der Waals surface area (Å²) in [7, 11) is -2.42. The monoisotopic (exact) mass is 520 g/mol. The lowest BCUT2D eigenvalue weighted by molar-refractivity contribution is -0.136. The number of imide groups is 1. The molecule has 4 rings (SSSR count). The summed E-state index contributed by atoms with van der Waals surface area (Å²) in [4.78, 5) is 39.8. The third-order valence-corrected chi connectivity index (χ3v) is 9.23. The number of sulfonamides is 1. The van der Waals surface area contributed by atoms with Crippen LogP contribution in [0, 0.1) is 11.3 Å². The van der Waals surface area contributed by atoms with Crippen molar-refractivity contribution >= 4 is 33.6 Å². The van der Waals surface area contributed by atoms with Crippen molar-refractivity contribution in [1.29, 1.82) is 0 Å². The van der Waals surface area contributed by atoms with Crippen LogP contribution in [-0.4, -0.2) is 67.8 Å². The quantitative estimate of drug-likeness (QED) is 0.556. The Morgan fingerprint density at radius 2 is 1.86 bits per heavy atom. The van der Waals surface area contributed by atoms with Crippen molar-refractivity contribution in [1.82, 2.24) is 14.5 Å². The van der Waals surface area contributed by atoms with E-state index < -0.39 is 34.0 Å². The molecule has 198 valence electrons. The van der Waals surface area contributed by atoms with Gasteiger partial charge in [0, 0.05) is 18.8 Å². The van der Waals surface area contributed by atoms with Crippen LogP contribution in [0.2, 0.25) is 0 Å². The number of piperidine rings is 1. The Hall–Kier alpha value is -2.66. The van der Waals surface area contributed by atoms with Crippen LogP contribution in [0.3, 0.4) is 0 Å². The summed E-state index contributed by atoms with van der Waals surface area (Å²) < 4.78 is 33.2. The largest absolute Gasteiger partial charge is 0.495 e. The molecule has 0 bridgehead atoms. The predicted octanol–water partition coefficient (Wildman–Crippen LogP) is 2.95. The van der Waals surface area contributed by atoms with E-state index in [4.69, 9.17) is 4.74 Å². The molecule has 3 fully saturated rings.